The summed E-state index contributed by atoms with van der Waals surface area (Å²) in [5.41, 5.74) is 4.13. The normalized spacial score (nSPS) is 11.8. The highest BCUT2D eigenvalue weighted by molar-refractivity contribution is 6.18. The molecule has 1 nitrogen and oxygen atoms in total. The van der Waals surface area contributed by atoms with Gasteiger partial charge in [-0.25, -0.2) is 0 Å². The van der Waals surface area contributed by atoms with Crippen LogP contribution in [0.15, 0.2) is 18.2 Å². The second kappa shape index (κ2) is 6.42. The molecule has 0 aliphatic rings. The van der Waals surface area contributed by atoms with Gasteiger partial charge in [0.2, 0.25) is 0 Å². The third-order valence-electron chi connectivity index (χ3n) is 3.85. The van der Waals surface area contributed by atoms with Crippen LogP contribution in [-0.4, -0.2) is 11.4 Å². The Morgan fingerprint density at radius 2 is 1.76 bits per heavy atom. The van der Waals surface area contributed by atoms with Crippen LogP contribution in [0.4, 0.5) is 0 Å². The molecule has 0 aromatic heterocycles. The number of rotatable bonds is 6. The minimum atomic E-state index is 0.0837. The maximum Gasteiger partial charge on any atom is 0.0405 e. The van der Waals surface area contributed by atoms with Gasteiger partial charge in [0.05, 0.1) is 0 Å². The Morgan fingerprint density at radius 3 is 2.24 bits per heavy atom. The molecule has 17 heavy (non-hydrogen) atoms. The Labute approximate surface area is 111 Å². The molecule has 2 heteroatoms. The maximum absolute atomic E-state index is 6.08. The van der Waals surface area contributed by atoms with Crippen LogP contribution in [0.5, 0.6) is 0 Å². The number of hydrogen-bond donors (Lipinski definition) is 1. The Balaban J connectivity index is 2.68. The lowest BCUT2D eigenvalue weighted by Crippen LogP contribution is -2.45. The zero-order chi connectivity index (χ0) is 12.9. The first-order valence-electron chi connectivity index (χ1n) is 6.44. The van der Waals surface area contributed by atoms with Crippen LogP contribution in [0.3, 0.4) is 0 Å². The predicted octanol–water partition coefficient (Wildman–Crippen LogP) is 4.19. The van der Waals surface area contributed by atoms with E-state index < -0.39 is 0 Å². The van der Waals surface area contributed by atoms with Crippen molar-refractivity contribution in [1.82, 2.24) is 5.32 Å². The smallest absolute Gasteiger partial charge is 0.0405 e. The Hall–Kier alpha value is -0.530. The molecule has 0 amide bonds. The zero-order valence-electron chi connectivity index (χ0n) is 11.4. The fourth-order valence-electron chi connectivity index (χ4n) is 1.94. The van der Waals surface area contributed by atoms with Gasteiger partial charge in [-0.3, -0.25) is 0 Å². The SMILES string of the molecule is CCC(CC)(CCl)NCc1ccc(C)c(C)c1. The molecule has 1 N–H and O–H groups in total. The third kappa shape index (κ3) is 3.72. The number of nitrogens with one attached hydrogen (secondary N) is 1. The van der Waals surface area contributed by atoms with Crippen molar-refractivity contribution in [2.24, 2.45) is 0 Å². The quantitative estimate of drug-likeness (QED) is 0.750. The largest absolute Gasteiger partial charge is 0.306 e. The molecule has 0 bridgehead atoms. The molecule has 1 aromatic rings. The van der Waals surface area contributed by atoms with E-state index in [-0.39, 0.29) is 5.54 Å². The minimum Gasteiger partial charge on any atom is -0.306 e. The van der Waals surface area contributed by atoms with Crippen molar-refractivity contribution >= 4 is 11.6 Å². The molecule has 0 saturated heterocycles. The first kappa shape index (κ1) is 14.5. The van der Waals surface area contributed by atoms with Crippen molar-refractivity contribution in [3.8, 4) is 0 Å². The summed E-state index contributed by atoms with van der Waals surface area (Å²) in [6, 6.07) is 6.64. The molecular weight excluding hydrogens is 230 g/mol. The van der Waals surface area contributed by atoms with Crippen molar-refractivity contribution in [3.63, 3.8) is 0 Å². The third-order valence-corrected chi connectivity index (χ3v) is 4.36. The molecule has 1 rings (SSSR count). The molecule has 1 aromatic carbocycles. The second-order valence-corrected chi connectivity index (χ2v) is 5.16. The predicted molar refractivity (Wildman–Crippen MR) is 76.8 cm³/mol. The van der Waals surface area contributed by atoms with Gasteiger partial charge in [0.25, 0.3) is 0 Å². The van der Waals surface area contributed by atoms with Gasteiger partial charge in [0.15, 0.2) is 0 Å². The summed E-state index contributed by atoms with van der Waals surface area (Å²) in [6.45, 7) is 9.59. The van der Waals surface area contributed by atoms with E-state index in [1.54, 1.807) is 0 Å². The van der Waals surface area contributed by atoms with Crippen LogP contribution < -0.4 is 5.32 Å². The summed E-state index contributed by atoms with van der Waals surface area (Å²) in [5, 5.41) is 3.61. The first-order valence-corrected chi connectivity index (χ1v) is 6.97. The summed E-state index contributed by atoms with van der Waals surface area (Å²) < 4.78 is 0. The highest BCUT2D eigenvalue weighted by Gasteiger charge is 2.23. The van der Waals surface area contributed by atoms with Crippen LogP contribution in [0.2, 0.25) is 0 Å². The molecule has 0 heterocycles. The van der Waals surface area contributed by atoms with Crippen molar-refractivity contribution in [1.29, 1.82) is 0 Å². The molecular formula is C15H24ClN. The number of benzene rings is 1. The lowest BCUT2D eigenvalue weighted by atomic mass is 9.94. The molecule has 0 saturated carbocycles. The van der Waals surface area contributed by atoms with Crippen LogP contribution in [0, 0.1) is 13.8 Å². The lowest BCUT2D eigenvalue weighted by molar-refractivity contribution is 0.334. The molecule has 0 radical (unpaired) electrons. The van der Waals surface area contributed by atoms with Crippen molar-refractivity contribution in [2.45, 2.75) is 52.6 Å². The Morgan fingerprint density at radius 1 is 1.12 bits per heavy atom. The summed E-state index contributed by atoms with van der Waals surface area (Å²) in [5.74, 6) is 0.671. The fourth-order valence-corrected chi connectivity index (χ4v) is 2.41. The first-order chi connectivity index (χ1) is 8.06. The summed E-state index contributed by atoms with van der Waals surface area (Å²) >= 11 is 6.08. The van der Waals surface area contributed by atoms with Crippen molar-refractivity contribution in [3.05, 3.63) is 34.9 Å². The number of hydrogen-bond acceptors (Lipinski definition) is 1. The topological polar surface area (TPSA) is 12.0 Å². The summed E-state index contributed by atoms with van der Waals surface area (Å²) in [6.07, 6.45) is 2.13. The van der Waals surface area contributed by atoms with Crippen molar-refractivity contribution < 1.29 is 0 Å². The van der Waals surface area contributed by atoms with Gasteiger partial charge in [-0.05, 0) is 43.4 Å². The molecule has 0 fully saturated rings. The second-order valence-electron chi connectivity index (χ2n) is 4.89. The van der Waals surface area contributed by atoms with Gasteiger partial charge in [-0.1, -0.05) is 32.0 Å². The van der Waals surface area contributed by atoms with Crippen LogP contribution >= 0.6 is 11.6 Å². The summed E-state index contributed by atoms with van der Waals surface area (Å²) in [4.78, 5) is 0. The van der Waals surface area contributed by atoms with Gasteiger partial charge < -0.3 is 5.32 Å². The average Bonchev–Trinajstić information content (AvgIpc) is 2.36. The van der Waals surface area contributed by atoms with Gasteiger partial charge in [0, 0.05) is 18.0 Å². The van der Waals surface area contributed by atoms with Crippen LogP contribution in [0.25, 0.3) is 0 Å². The Kier molecular flexibility index (Phi) is 5.48. The van der Waals surface area contributed by atoms with Gasteiger partial charge in [0.1, 0.15) is 0 Å². The number of aryl methyl sites for hydroxylation is 2. The zero-order valence-corrected chi connectivity index (χ0v) is 12.2. The van der Waals surface area contributed by atoms with Crippen LogP contribution in [0.1, 0.15) is 43.4 Å². The standard InChI is InChI=1S/C15H24ClN/c1-5-15(6-2,11-16)17-10-14-8-7-12(3)13(4)9-14/h7-9,17H,5-6,10-11H2,1-4H3. The van der Waals surface area contributed by atoms with E-state index in [0.717, 1.165) is 19.4 Å². The highest BCUT2D eigenvalue weighted by atomic mass is 35.5. The molecule has 0 unspecified atom stereocenters. The van der Waals surface area contributed by atoms with Gasteiger partial charge >= 0.3 is 0 Å². The molecule has 0 aliphatic heterocycles. The minimum absolute atomic E-state index is 0.0837. The number of halogens is 1. The van der Waals surface area contributed by atoms with Gasteiger partial charge in [-0.15, -0.1) is 11.6 Å². The fraction of sp³-hybridized carbons (Fsp3) is 0.600. The van der Waals surface area contributed by atoms with E-state index in [9.17, 15) is 0 Å². The van der Waals surface area contributed by atoms with Crippen molar-refractivity contribution in [2.75, 3.05) is 5.88 Å². The van der Waals surface area contributed by atoms with E-state index in [2.05, 4.69) is 51.2 Å². The molecule has 0 spiro atoms. The van der Waals surface area contributed by atoms with E-state index in [1.807, 2.05) is 0 Å². The van der Waals surface area contributed by atoms with E-state index in [4.69, 9.17) is 11.6 Å². The molecule has 0 aliphatic carbocycles. The number of alkyl halides is 1. The van der Waals surface area contributed by atoms with E-state index in [0.29, 0.717) is 5.88 Å². The Bertz CT molecular complexity index is 348. The van der Waals surface area contributed by atoms with Gasteiger partial charge in [-0.2, -0.15) is 0 Å². The average molecular weight is 254 g/mol. The monoisotopic (exact) mass is 253 g/mol. The van der Waals surface area contributed by atoms with E-state index >= 15 is 0 Å². The maximum atomic E-state index is 6.08. The van der Waals surface area contributed by atoms with E-state index in [1.165, 1.54) is 16.7 Å². The molecule has 0 atom stereocenters. The van der Waals surface area contributed by atoms with Crippen LogP contribution in [-0.2, 0) is 6.54 Å². The molecule has 96 valence electrons. The summed E-state index contributed by atoms with van der Waals surface area (Å²) in [7, 11) is 0. The highest BCUT2D eigenvalue weighted by Crippen LogP contribution is 2.18. The lowest BCUT2D eigenvalue weighted by Gasteiger charge is -2.31.